The second kappa shape index (κ2) is 22.0. The first-order valence-corrected chi connectivity index (χ1v) is 33.5. The van der Waals surface area contributed by atoms with Gasteiger partial charge in [0, 0.05) is 97.5 Å². The fourth-order valence-electron chi connectivity index (χ4n) is 8.32. The van der Waals surface area contributed by atoms with Crippen LogP contribution in [0, 0.1) is 0 Å². The van der Waals surface area contributed by atoms with Gasteiger partial charge in [-0.2, -0.15) is 0 Å². The summed E-state index contributed by atoms with van der Waals surface area (Å²) < 4.78 is 0. The summed E-state index contributed by atoms with van der Waals surface area (Å²) in [6.45, 7) is 0. The van der Waals surface area contributed by atoms with Crippen LogP contribution in [0.4, 0.5) is 0 Å². The van der Waals surface area contributed by atoms with Gasteiger partial charge in [-0.25, -0.2) is 0 Å². The molecular weight excluding hydrogens is 1130 g/mol. The Morgan fingerprint density at radius 3 is 0.608 bits per heavy atom. The molecule has 0 saturated carbocycles. The minimum absolute atomic E-state index is 1.17. The van der Waals surface area contributed by atoms with Crippen LogP contribution in [0.5, 0.6) is 0 Å². The molecule has 0 unspecified atom stereocenters. The van der Waals surface area contributed by atoms with E-state index in [1.165, 1.54) is 120 Å². The lowest BCUT2D eigenvalue weighted by molar-refractivity contribution is 1.55. The van der Waals surface area contributed by atoms with Crippen LogP contribution in [0.2, 0.25) is 0 Å². The topological polar surface area (TPSA) is 0 Å². The van der Waals surface area contributed by atoms with E-state index >= 15 is 0 Å². The summed E-state index contributed by atoms with van der Waals surface area (Å²) in [4.78, 5) is 25.9. The van der Waals surface area contributed by atoms with Gasteiger partial charge in [-0.15, -0.1) is 136 Å². The number of thiophene rings is 12. The van der Waals surface area contributed by atoms with Gasteiger partial charge in [0.1, 0.15) is 0 Å². The Bertz CT molecular complexity index is 3540. The molecule has 12 heteroatoms. The molecule has 13 aromatic rings. The Kier molecular flexibility index (Phi) is 14.4. The van der Waals surface area contributed by atoms with Crippen molar-refractivity contribution >= 4 is 185 Å². The van der Waals surface area contributed by atoms with Crippen molar-refractivity contribution in [2.75, 3.05) is 0 Å². The van der Waals surface area contributed by atoms with E-state index in [0.29, 0.717) is 0 Å². The molecule has 0 N–H and O–H groups in total. The highest BCUT2D eigenvalue weighted by molar-refractivity contribution is 7.28. The van der Waals surface area contributed by atoms with E-state index < -0.39 is 0 Å². The first-order valence-electron chi connectivity index (χ1n) is 23.4. The second-order valence-corrected chi connectivity index (χ2v) is 29.4. The SMILES string of the molecule is C(=C\c1cc(/C=C/c2ccc(-c3ccc(-c4cccs4)s3)s2)c(/C=C/c2ccc(-c3ccc(-c4cccs4)s3)s2)cc1/C=C/c1ccc(-c2ccc(-c3cccs3)s2)s1)/c1ccc(-c2ccc(-c3cccs3)s2)s1. The van der Waals surface area contributed by atoms with Gasteiger partial charge in [0.15, 0.2) is 0 Å². The summed E-state index contributed by atoms with van der Waals surface area (Å²) >= 11 is 22.1. The summed E-state index contributed by atoms with van der Waals surface area (Å²) in [6.07, 6.45) is 18.4. The lowest BCUT2D eigenvalue weighted by Gasteiger charge is -2.09. The van der Waals surface area contributed by atoms with Gasteiger partial charge in [-0.3, -0.25) is 0 Å². The zero-order valence-electron chi connectivity index (χ0n) is 38.8. The maximum absolute atomic E-state index is 2.38. The number of hydrogen-bond donors (Lipinski definition) is 0. The zero-order chi connectivity index (χ0) is 49.2. The van der Waals surface area contributed by atoms with Gasteiger partial charge >= 0.3 is 0 Å². The molecule has 0 nitrogen and oxygen atoms in total. The molecule has 12 aromatic heterocycles. The smallest absolute Gasteiger partial charge is 0.0449 e. The maximum atomic E-state index is 2.38. The molecule has 12 heterocycles. The lowest BCUT2D eigenvalue weighted by atomic mass is 9.96. The predicted molar refractivity (Wildman–Crippen MR) is 346 cm³/mol. The Morgan fingerprint density at radius 1 is 0.189 bits per heavy atom. The average Bonchev–Trinajstić information content (AvgIpc) is 4.27. The Hall–Kier alpha value is -5.42. The molecule has 0 spiro atoms. The second-order valence-electron chi connectivity index (χ2n) is 16.8. The van der Waals surface area contributed by atoms with Crippen LogP contribution in [0.1, 0.15) is 41.8 Å². The van der Waals surface area contributed by atoms with Crippen molar-refractivity contribution in [2.45, 2.75) is 0 Å². The molecule has 0 aliphatic carbocycles. The zero-order valence-corrected chi connectivity index (χ0v) is 48.6. The molecule has 0 aliphatic rings. The molecule has 0 atom stereocenters. The average molecular weight is 1170 g/mol. The molecule has 0 radical (unpaired) electrons. The van der Waals surface area contributed by atoms with Crippen molar-refractivity contribution in [1.82, 2.24) is 0 Å². The van der Waals surface area contributed by atoms with Gasteiger partial charge < -0.3 is 0 Å². The van der Waals surface area contributed by atoms with Crippen LogP contribution < -0.4 is 0 Å². The molecular formula is C62H38S12. The predicted octanol–water partition coefficient (Wildman–Crippen LogP) is 24.4. The van der Waals surface area contributed by atoms with E-state index in [-0.39, 0.29) is 0 Å². The molecule has 358 valence electrons. The summed E-state index contributed by atoms with van der Waals surface area (Å²) in [7, 11) is 0. The minimum Gasteiger partial charge on any atom is -0.143 e. The highest BCUT2D eigenvalue weighted by Crippen LogP contribution is 2.44. The van der Waals surface area contributed by atoms with Crippen LogP contribution in [0.25, 0.3) is 127 Å². The Morgan fingerprint density at radius 2 is 0.392 bits per heavy atom. The first kappa shape index (κ1) is 48.2. The summed E-state index contributed by atoms with van der Waals surface area (Å²) in [6, 6.07) is 58.3. The Labute approximate surface area is 478 Å². The third-order valence-electron chi connectivity index (χ3n) is 12.0. The van der Waals surface area contributed by atoms with Gasteiger partial charge in [-0.05, 0) is 202 Å². The van der Waals surface area contributed by atoms with Crippen molar-refractivity contribution in [1.29, 1.82) is 0 Å². The highest BCUT2D eigenvalue weighted by atomic mass is 32.1. The summed E-state index contributed by atoms with van der Waals surface area (Å²) in [5, 5.41) is 8.61. The van der Waals surface area contributed by atoms with E-state index in [9.17, 15) is 0 Å². The van der Waals surface area contributed by atoms with Gasteiger partial charge in [0.25, 0.3) is 0 Å². The van der Waals surface area contributed by atoms with Crippen LogP contribution in [0.15, 0.2) is 179 Å². The number of rotatable bonds is 16. The first-order chi connectivity index (χ1) is 36.6. The van der Waals surface area contributed by atoms with Gasteiger partial charge in [0.2, 0.25) is 0 Å². The molecule has 1 aromatic carbocycles. The van der Waals surface area contributed by atoms with Crippen LogP contribution in [0.3, 0.4) is 0 Å². The molecule has 74 heavy (non-hydrogen) atoms. The summed E-state index contributed by atoms with van der Waals surface area (Å²) in [5.41, 5.74) is 4.68. The Balaban J connectivity index is 0.855. The molecule has 0 amide bonds. The highest BCUT2D eigenvalue weighted by Gasteiger charge is 2.14. The van der Waals surface area contributed by atoms with E-state index in [1.54, 1.807) is 45.3 Å². The minimum atomic E-state index is 1.17. The fraction of sp³-hybridized carbons (Fsp3) is 0. The van der Waals surface area contributed by atoms with Crippen molar-refractivity contribution in [3.63, 3.8) is 0 Å². The third kappa shape index (κ3) is 10.8. The van der Waals surface area contributed by atoms with Gasteiger partial charge in [0.05, 0.1) is 0 Å². The largest absolute Gasteiger partial charge is 0.143 e. The monoisotopic (exact) mass is 1170 g/mol. The maximum Gasteiger partial charge on any atom is 0.0449 e. The number of benzene rings is 1. The van der Waals surface area contributed by atoms with E-state index in [4.69, 9.17) is 0 Å². The molecule has 0 saturated heterocycles. The standard InChI is InChI=1S/C62H38S12/c1-5-47(63-33-1)51-25-29-59(71-51)55-21-17-43(67-55)13-9-39-37-41(11-15-45-19-23-57(69-45)61-31-27-53(73-61)49-7-3-35-65-49)42(12-16-46-20-24-58(70-46)62-32-28-54(74-62)50-8-4-36-66-50)38-40(39)10-14-44-18-22-56(68-44)60-30-26-52(72-60)48-6-2-34-64-48/h1-38H/b13-9+,14-10+,15-11+,16-12+. The van der Waals surface area contributed by atoms with Crippen LogP contribution in [-0.2, 0) is 0 Å². The molecule has 0 bridgehead atoms. The van der Waals surface area contributed by atoms with Crippen molar-refractivity contribution in [3.8, 4) is 78.0 Å². The van der Waals surface area contributed by atoms with E-state index in [1.807, 2.05) is 90.7 Å². The van der Waals surface area contributed by atoms with E-state index in [0.717, 1.165) is 0 Å². The van der Waals surface area contributed by atoms with Crippen molar-refractivity contribution in [3.05, 3.63) is 221 Å². The van der Waals surface area contributed by atoms with E-state index in [2.05, 4.69) is 228 Å². The fourth-order valence-corrected chi connectivity index (χ4v) is 19.7. The molecule has 0 aliphatic heterocycles. The number of hydrogen-bond acceptors (Lipinski definition) is 12. The normalized spacial score (nSPS) is 12.1. The molecule has 0 fully saturated rings. The van der Waals surface area contributed by atoms with Crippen LogP contribution >= 0.6 is 136 Å². The quantitative estimate of drug-likeness (QED) is 0.0905. The lowest BCUT2D eigenvalue weighted by Crippen LogP contribution is -1.89. The van der Waals surface area contributed by atoms with Crippen LogP contribution in [-0.4, -0.2) is 0 Å². The third-order valence-corrected chi connectivity index (χ3v) is 25.5. The van der Waals surface area contributed by atoms with Crippen molar-refractivity contribution < 1.29 is 0 Å². The summed E-state index contributed by atoms with van der Waals surface area (Å²) in [5.74, 6) is 0. The van der Waals surface area contributed by atoms with Crippen molar-refractivity contribution in [2.24, 2.45) is 0 Å². The van der Waals surface area contributed by atoms with Gasteiger partial charge in [-0.1, -0.05) is 48.6 Å². The molecule has 13 rings (SSSR count).